The third kappa shape index (κ3) is 3.08. The Labute approximate surface area is 113 Å². The van der Waals surface area contributed by atoms with Crippen LogP contribution in [-0.2, 0) is 0 Å². The Morgan fingerprint density at radius 1 is 0.944 bits per heavy atom. The molecule has 2 heteroatoms. The Bertz CT molecular complexity index is 256. The van der Waals surface area contributed by atoms with Crippen LogP contribution in [0.25, 0.3) is 0 Å². The van der Waals surface area contributed by atoms with E-state index in [0.29, 0.717) is 12.1 Å². The second-order valence-corrected chi connectivity index (χ2v) is 7.20. The van der Waals surface area contributed by atoms with Crippen LogP contribution < -0.4 is 0 Å². The Morgan fingerprint density at radius 3 is 2.17 bits per heavy atom. The molecule has 0 aliphatic heterocycles. The van der Waals surface area contributed by atoms with Crippen molar-refractivity contribution in [1.29, 1.82) is 0 Å². The topological polar surface area (TPSA) is 23.5 Å². The lowest BCUT2D eigenvalue weighted by Gasteiger charge is -2.46. The van der Waals surface area contributed by atoms with E-state index < -0.39 is 0 Å². The Balaban J connectivity index is 2.00. The Kier molecular flexibility index (Phi) is 4.71. The minimum absolute atomic E-state index is 0.0991. The number of aliphatic hydroxyl groups excluding tert-OH is 1. The molecular weight excluding hydrogens is 222 g/mol. The van der Waals surface area contributed by atoms with Gasteiger partial charge in [0, 0.05) is 12.1 Å². The highest BCUT2D eigenvalue weighted by Crippen LogP contribution is 2.38. The van der Waals surface area contributed by atoms with E-state index in [4.69, 9.17) is 0 Å². The summed E-state index contributed by atoms with van der Waals surface area (Å²) in [5, 5.41) is 10.6. The molecule has 0 aromatic rings. The molecule has 0 radical (unpaired) electrons. The van der Waals surface area contributed by atoms with Gasteiger partial charge in [-0.05, 0) is 38.1 Å². The van der Waals surface area contributed by atoms with Crippen LogP contribution in [0.1, 0.15) is 71.6 Å². The summed E-state index contributed by atoms with van der Waals surface area (Å²) in [6.07, 6.45) is 11.7. The second kappa shape index (κ2) is 5.92. The first-order chi connectivity index (χ1) is 8.52. The van der Waals surface area contributed by atoms with Gasteiger partial charge in [0.15, 0.2) is 0 Å². The van der Waals surface area contributed by atoms with Gasteiger partial charge in [0.1, 0.15) is 0 Å². The highest BCUT2D eigenvalue weighted by Gasteiger charge is 2.40. The van der Waals surface area contributed by atoms with Gasteiger partial charge in [0.25, 0.3) is 0 Å². The Morgan fingerprint density at radius 2 is 1.56 bits per heavy atom. The van der Waals surface area contributed by atoms with Crippen molar-refractivity contribution in [2.24, 2.45) is 5.41 Å². The number of hydrogen-bond donors (Lipinski definition) is 1. The van der Waals surface area contributed by atoms with E-state index in [2.05, 4.69) is 25.8 Å². The Hall–Kier alpha value is -0.0800. The molecule has 0 amide bonds. The van der Waals surface area contributed by atoms with E-state index in [-0.39, 0.29) is 11.5 Å². The first-order valence-corrected chi connectivity index (χ1v) is 7.92. The summed E-state index contributed by atoms with van der Waals surface area (Å²) >= 11 is 0. The number of likely N-dealkylation sites (N-methyl/N-ethyl adjacent to an activating group) is 1. The van der Waals surface area contributed by atoms with Crippen molar-refractivity contribution in [3.8, 4) is 0 Å². The lowest BCUT2D eigenvalue weighted by molar-refractivity contribution is -0.0624. The number of aliphatic hydroxyl groups is 1. The smallest absolute Gasteiger partial charge is 0.0746 e. The first kappa shape index (κ1) is 14.3. The van der Waals surface area contributed by atoms with Crippen molar-refractivity contribution in [3.63, 3.8) is 0 Å². The maximum atomic E-state index is 10.6. The highest BCUT2D eigenvalue weighted by molar-refractivity contribution is 4.94. The van der Waals surface area contributed by atoms with E-state index >= 15 is 0 Å². The van der Waals surface area contributed by atoms with Crippen LogP contribution in [-0.4, -0.2) is 35.2 Å². The van der Waals surface area contributed by atoms with Crippen molar-refractivity contribution in [1.82, 2.24) is 4.90 Å². The van der Waals surface area contributed by atoms with Crippen LogP contribution in [0.5, 0.6) is 0 Å². The van der Waals surface area contributed by atoms with Crippen LogP contribution in [0.3, 0.4) is 0 Å². The minimum Gasteiger partial charge on any atom is -0.391 e. The van der Waals surface area contributed by atoms with Gasteiger partial charge >= 0.3 is 0 Å². The molecule has 2 nitrogen and oxygen atoms in total. The molecule has 0 aromatic carbocycles. The van der Waals surface area contributed by atoms with E-state index in [0.717, 1.165) is 0 Å². The maximum absolute atomic E-state index is 10.6. The van der Waals surface area contributed by atoms with Crippen LogP contribution in [0.2, 0.25) is 0 Å². The standard InChI is InChI=1S/C16H31NO/c1-16(2)12-8-11-14(15(16)18)17(3)13-9-6-4-5-7-10-13/h13-15,18H,4-12H2,1-3H3. The average Bonchev–Trinajstić information content (AvgIpc) is 2.60. The summed E-state index contributed by atoms with van der Waals surface area (Å²) in [5.74, 6) is 0. The van der Waals surface area contributed by atoms with Crippen molar-refractivity contribution in [3.05, 3.63) is 0 Å². The lowest BCUT2D eigenvalue weighted by Crippen LogP contribution is -2.53. The fourth-order valence-electron chi connectivity index (χ4n) is 3.96. The first-order valence-electron chi connectivity index (χ1n) is 7.92. The van der Waals surface area contributed by atoms with Gasteiger partial charge in [-0.15, -0.1) is 0 Å². The molecule has 0 aromatic heterocycles. The predicted octanol–water partition coefficient (Wildman–Crippen LogP) is 3.58. The minimum atomic E-state index is -0.153. The fraction of sp³-hybridized carbons (Fsp3) is 1.00. The van der Waals surface area contributed by atoms with Gasteiger partial charge < -0.3 is 5.11 Å². The molecule has 0 bridgehead atoms. The van der Waals surface area contributed by atoms with Crippen molar-refractivity contribution < 1.29 is 5.11 Å². The van der Waals surface area contributed by atoms with Gasteiger partial charge in [0.05, 0.1) is 6.10 Å². The van der Waals surface area contributed by atoms with Crippen molar-refractivity contribution in [2.45, 2.75) is 89.8 Å². The molecule has 2 aliphatic rings. The van der Waals surface area contributed by atoms with E-state index in [1.54, 1.807) is 0 Å². The molecule has 1 N–H and O–H groups in total. The monoisotopic (exact) mass is 253 g/mol. The normalized spacial score (nSPS) is 34.5. The molecule has 2 unspecified atom stereocenters. The largest absolute Gasteiger partial charge is 0.391 e. The quantitative estimate of drug-likeness (QED) is 0.760. The van der Waals surface area contributed by atoms with Crippen LogP contribution in [0.4, 0.5) is 0 Å². The van der Waals surface area contributed by atoms with E-state index in [9.17, 15) is 5.11 Å². The lowest BCUT2D eigenvalue weighted by atomic mass is 9.72. The summed E-state index contributed by atoms with van der Waals surface area (Å²) in [6.45, 7) is 4.45. The number of nitrogens with zero attached hydrogens (tertiary/aromatic N) is 1. The van der Waals surface area contributed by atoms with E-state index in [1.807, 2.05) is 0 Å². The van der Waals surface area contributed by atoms with Crippen LogP contribution in [0, 0.1) is 5.41 Å². The van der Waals surface area contributed by atoms with Crippen molar-refractivity contribution in [2.75, 3.05) is 7.05 Å². The van der Waals surface area contributed by atoms with Crippen molar-refractivity contribution >= 4 is 0 Å². The predicted molar refractivity (Wildman–Crippen MR) is 76.7 cm³/mol. The van der Waals surface area contributed by atoms with E-state index in [1.165, 1.54) is 57.8 Å². The second-order valence-electron chi connectivity index (χ2n) is 7.20. The number of rotatable bonds is 2. The molecule has 18 heavy (non-hydrogen) atoms. The molecule has 0 spiro atoms. The van der Waals surface area contributed by atoms with Crippen LogP contribution >= 0.6 is 0 Å². The summed E-state index contributed by atoms with van der Waals surface area (Å²) in [7, 11) is 2.26. The molecule has 106 valence electrons. The molecule has 2 saturated carbocycles. The number of hydrogen-bond acceptors (Lipinski definition) is 2. The summed E-state index contributed by atoms with van der Waals surface area (Å²) in [4.78, 5) is 2.52. The molecule has 2 fully saturated rings. The molecule has 0 saturated heterocycles. The molecular formula is C16H31NO. The van der Waals surface area contributed by atoms with Crippen LogP contribution in [0.15, 0.2) is 0 Å². The zero-order chi connectivity index (χ0) is 13.2. The molecule has 0 heterocycles. The van der Waals surface area contributed by atoms with Gasteiger partial charge in [-0.25, -0.2) is 0 Å². The average molecular weight is 253 g/mol. The molecule has 2 rings (SSSR count). The third-order valence-corrected chi connectivity index (χ3v) is 5.41. The zero-order valence-electron chi connectivity index (χ0n) is 12.5. The highest BCUT2D eigenvalue weighted by atomic mass is 16.3. The molecule has 2 aliphatic carbocycles. The SMILES string of the molecule is CN(C1CCCCCC1)C1CCCC(C)(C)C1O. The third-order valence-electron chi connectivity index (χ3n) is 5.41. The summed E-state index contributed by atoms with van der Waals surface area (Å²) < 4.78 is 0. The maximum Gasteiger partial charge on any atom is 0.0746 e. The van der Waals surface area contributed by atoms with Gasteiger partial charge in [0.2, 0.25) is 0 Å². The van der Waals surface area contributed by atoms with Gasteiger partial charge in [-0.1, -0.05) is 46.0 Å². The zero-order valence-corrected chi connectivity index (χ0v) is 12.5. The fourth-order valence-corrected chi connectivity index (χ4v) is 3.96. The van der Waals surface area contributed by atoms with Gasteiger partial charge in [-0.2, -0.15) is 0 Å². The van der Waals surface area contributed by atoms with Gasteiger partial charge in [-0.3, -0.25) is 4.90 Å². The molecule has 2 atom stereocenters. The summed E-state index contributed by atoms with van der Waals surface area (Å²) in [6, 6.07) is 1.10. The summed E-state index contributed by atoms with van der Waals surface area (Å²) in [5.41, 5.74) is 0.0991.